The topological polar surface area (TPSA) is 156 Å². The zero-order valence-electron chi connectivity index (χ0n) is 17.0. The Labute approximate surface area is 184 Å². The number of hydrogen-bond acceptors (Lipinski definition) is 8. The predicted octanol–water partition coefficient (Wildman–Crippen LogP) is 1.75. The molecule has 2 aromatic carbocycles. The molecule has 32 heavy (non-hydrogen) atoms. The first-order chi connectivity index (χ1) is 15.2. The first-order valence-corrected chi connectivity index (χ1v) is 11.5. The number of carbonyl (C=O) groups excluding carboxylic acids is 2. The minimum Gasteiger partial charge on any atom is -0.365 e. The lowest BCUT2D eigenvalue weighted by atomic mass is 9.98. The highest BCUT2D eigenvalue weighted by molar-refractivity contribution is 7.90. The van der Waals surface area contributed by atoms with Crippen LogP contribution in [0.25, 0.3) is 0 Å². The lowest BCUT2D eigenvalue weighted by molar-refractivity contribution is 0.0944. The van der Waals surface area contributed by atoms with Crippen LogP contribution in [0.4, 0.5) is 23.1 Å². The number of hydrogen-bond donors (Lipinski definition) is 4. The van der Waals surface area contributed by atoms with E-state index in [-0.39, 0.29) is 28.1 Å². The molecule has 0 saturated heterocycles. The van der Waals surface area contributed by atoms with Crippen LogP contribution >= 0.6 is 0 Å². The lowest BCUT2D eigenvalue weighted by Gasteiger charge is -2.20. The maximum atomic E-state index is 12.1. The third-order valence-electron chi connectivity index (χ3n) is 4.93. The fraction of sp³-hybridized carbons (Fsp3) is 0.143. The van der Waals surface area contributed by atoms with Gasteiger partial charge in [-0.15, -0.1) is 0 Å². The van der Waals surface area contributed by atoms with Crippen molar-refractivity contribution in [3.63, 3.8) is 0 Å². The summed E-state index contributed by atoms with van der Waals surface area (Å²) in [4.78, 5) is 32.7. The van der Waals surface area contributed by atoms with Gasteiger partial charge in [0.1, 0.15) is 11.4 Å². The number of nitrogens with one attached hydrogen (secondary N) is 3. The maximum absolute atomic E-state index is 12.1. The summed E-state index contributed by atoms with van der Waals surface area (Å²) in [5, 5.41) is 8.87. The zero-order valence-corrected chi connectivity index (χ0v) is 17.9. The van der Waals surface area contributed by atoms with Gasteiger partial charge in [0.25, 0.3) is 11.8 Å². The van der Waals surface area contributed by atoms with Crippen LogP contribution < -0.4 is 21.7 Å². The molecular formula is C21H20N6O4S. The number of benzene rings is 2. The van der Waals surface area contributed by atoms with Gasteiger partial charge in [0.2, 0.25) is 5.95 Å². The fourth-order valence-corrected chi connectivity index (χ4v) is 3.97. The number of anilines is 4. The van der Waals surface area contributed by atoms with E-state index in [0.717, 1.165) is 11.8 Å². The van der Waals surface area contributed by atoms with Crippen molar-refractivity contribution >= 4 is 44.8 Å². The largest absolute Gasteiger partial charge is 0.365 e. The molecule has 0 spiro atoms. The molecule has 4 rings (SSSR count). The molecule has 2 amide bonds. The van der Waals surface area contributed by atoms with E-state index >= 15 is 0 Å². The number of nitrogens with zero attached hydrogens (tertiary/aromatic N) is 2. The number of amides is 2. The van der Waals surface area contributed by atoms with Gasteiger partial charge in [0, 0.05) is 35.9 Å². The molecule has 0 aliphatic carbocycles. The van der Waals surface area contributed by atoms with Gasteiger partial charge >= 0.3 is 0 Å². The summed E-state index contributed by atoms with van der Waals surface area (Å²) < 4.78 is 23.2. The Hall–Kier alpha value is -3.99. The Morgan fingerprint density at radius 3 is 2.56 bits per heavy atom. The van der Waals surface area contributed by atoms with Gasteiger partial charge in [0.05, 0.1) is 4.90 Å². The third kappa shape index (κ3) is 4.37. The molecule has 0 bridgehead atoms. The minimum atomic E-state index is -3.31. The molecule has 1 aliphatic heterocycles. The minimum absolute atomic E-state index is 0.0841. The summed E-state index contributed by atoms with van der Waals surface area (Å²) in [7, 11) is -3.31. The Kier molecular flexibility index (Phi) is 5.49. The zero-order chi connectivity index (χ0) is 22.9. The van der Waals surface area contributed by atoms with E-state index < -0.39 is 15.7 Å². The van der Waals surface area contributed by atoms with Gasteiger partial charge in [-0.25, -0.2) is 13.4 Å². The van der Waals surface area contributed by atoms with Crippen molar-refractivity contribution in [1.29, 1.82) is 0 Å². The molecule has 5 N–H and O–H groups in total. The van der Waals surface area contributed by atoms with E-state index in [4.69, 9.17) is 5.73 Å². The summed E-state index contributed by atoms with van der Waals surface area (Å²) >= 11 is 0. The molecule has 0 radical (unpaired) electrons. The van der Waals surface area contributed by atoms with E-state index in [2.05, 4.69) is 25.9 Å². The number of fused-ring (bicyclic) bond motifs is 1. The van der Waals surface area contributed by atoms with Crippen LogP contribution in [0.3, 0.4) is 0 Å². The molecule has 10 nitrogen and oxygen atoms in total. The van der Waals surface area contributed by atoms with E-state index in [0.29, 0.717) is 29.9 Å². The van der Waals surface area contributed by atoms with Gasteiger partial charge in [0.15, 0.2) is 9.84 Å². The lowest BCUT2D eigenvalue weighted by Crippen LogP contribution is -2.32. The highest BCUT2D eigenvalue weighted by atomic mass is 32.2. The SMILES string of the molecule is CS(=O)(=O)c1ccc(Nc2ncc(C(N)=O)c(Nc3cccc4c3CCNC4=O)n2)cc1. The smallest absolute Gasteiger partial charge is 0.254 e. The summed E-state index contributed by atoms with van der Waals surface area (Å²) in [5.74, 6) is -0.513. The second-order valence-electron chi connectivity index (χ2n) is 7.20. The summed E-state index contributed by atoms with van der Waals surface area (Å²) in [6.45, 7) is 0.507. The number of sulfone groups is 1. The standard InChI is InChI=1S/C21H20N6O4S/c1-32(30,31)13-7-5-12(6-8-13)25-21-24-11-16(18(22)28)19(27-21)26-17-4-2-3-15-14(17)9-10-23-20(15)29/h2-8,11H,9-10H2,1H3,(H2,22,28)(H,23,29)(H2,24,25,26,27). The molecule has 164 valence electrons. The van der Waals surface area contributed by atoms with Crippen LogP contribution in [0.2, 0.25) is 0 Å². The van der Waals surface area contributed by atoms with Crippen molar-refractivity contribution < 1.29 is 18.0 Å². The number of nitrogens with two attached hydrogens (primary N) is 1. The van der Waals surface area contributed by atoms with Crippen molar-refractivity contribution in [2.45, 2.75) is 11.3 Å². The van der Waals surface area contributed by atoms with Crippen LogP contribution in [0.15, 0.2) is 53.6 Å². The van der Waals surface area contributed by atoms with E-state index in [1.54, 1.807) is 30.3 Å². The van der Waals surface area contributed by atoms with Crippen molar-refractivity contribution in [1.82, 2.24) is 15.3 Å². The molecule has 0 unspecified atom stereocenters. The van der Waals surface area contributed by atoms with Gasteiger partial charge in [-0.2, -0.15) is 4.98 Å². The molecule has 0 saturated carbocycles. The van der Waals surface area contributed by atoms with Crippen LogP contribution in [-0.2, 0) is 16.3 Å². The van der Waals surface area contributed by atoms with Crippen molar-refractivity contribution in [2.24, 2.45) is 5.73 Å². The average Bonchev–Trinajstić information content (AvgIpc) is 2.74. The van der Waals surface area contributed by atoms with Crippen molar-refractivity contribution in [3.8, 4) is 0 Å². The Bertz CT molecular complexity index is 1320. The molecule has 1 aliphatic rings. The van der Waals surface area contributed by atoms with Crippen LogP contribution in [0.5, 0.6) is 0 Å². The first kappa shape index (κ1) is 21.2. The predicted molar refractivity (Wildman–Crippen MR) is 119 cm³/mol. The second-order valence-corrected chi connectivity index (χ2v) is 9.22. The van der Waals surface area contributed by atoms with Crippen LogP contribution in [0.1, 0.15) is 26.3 Å². The summed E-state index contributed by atoms with van der Waals surface area (Å²) in [5.41, 5.74) is 8.14. The van der Waals surface area contributed by atoms with Crippen molar-refractivity contribution in [3.05, 3.63) is 65.4 Å². The molecule has 2 heterocycles. The molecule has 11 heteroatoms. The quantitative estimate of drug-likeness (QED) is 0.441. The molecule has 0 fully saturated rings. The highest BCUT2D eigenvalue weighted by Gasteiger charge is 2.21. The second kappa shape index (κ2) is 8.27. The fourth-order valence-electron chi connectivity index (χ4n) is 3.34. The summed E-state index contributed by atoms with van der Waals surface area (Å²) in [6, 6.07) is 11.4. The van der Waals surface area contributed by atoms with E-state index in [1.165, 1.54) is 18.3 Å². The van der Waals surface area contributed by atoms with Gasteiger partial charge in [-0.1, -0.05) is 6.07 Å². The molecular weight excluding hydrogens is 432 g/mol. The maximum Gasteiger partial charge on any atom is 0.254 e. The summed E-state index contributed by atoms with van der Waals surface area (Å²) in [6.07, 6.45) is 3.05. The van der Waals surface area contributed by atoms with E-state index in [9.17, 15) is 18.0 Å². The molecule has 0 atom stereocenters. The average molecular weight is 452 g/mol. The van der Waals surface area contributed by atoms with Gasteiger partial charge in [-0.3, -0.25) is 9.59 Å². The van der Waals surface area contributed by atoms with Crippen LogP contribution in [0, 0.1) is 0 Å². The molecule has 3 aromatic rings. The number of aromatic nitrogens is 2. The monoisotopic (exact) mass is 452 g/mol. The number of carbonyl (C=O) groups is 2. The Morgan fingerprint density at radius 2 is 1.88 bits per heavy atom. The highest BCUT2D eigenvalue weighted by Crippen LogP contribution is 2.28. The first-order valence-electron chi connectivity index (χ1n) is 9.63. The van der Waals surface area contributed by atoms with Gasteiger partial charge in [-0.05, 0) is 48.4 Å². The molecule has 1 aromatic heterocycles. The third-order valence-corrected chi connectivity index (χ3v) is 6.06. The van der Waals surface area contributed by atoms with Crippen LogP contribution in [-0.4, -0.2) is 43.0 Å². The number of primary amides is 1. The Morgan fingerprint density at radius 1 is 1.12 bits per heavy atom. The van der Waals surface area contributed by atoms with Crippen molar-refractivity contribution in [2.75, 3.05) is 23.4 Å². The Balaban J connectivity index is 1.66. The number of rotatable bonds is 6. The normalized spacial score (nSPS) is 13.1. The van der Waals surface area contributed by atoms with E-state index in [1.807, 2.05) is 0 Å². The van der Waals surface area contributed by atoms with Gasteiger partial charge < -0.3 is 21.7 Å².